The van der Waals surface area contributed by atoms with Crippen molar-refractivity contribution in [2.75, 3.05) is 0 Å². The zero-order chi connectivity index (χ0) is 15.8. The Morgan fingerprint density at radius 2 is 2.00 bits per heavy atom. The summed E-state index contributed by atoms with van der Waals surface area (Å²) in [4.78, 5) is 16.6. The summed E-state index contributed by atoms with van der Waals surface area (Å²) in [6, 6.07) is 10.7. The molecule has 6 nitrogen and oxygen atoms in total. The van der Waals surface area contributed by atoms with Crippen LogP contribution >= 0.6 is 23.4 Å². The normalized spacial score (nSPS) is 11.3. The quantitative estimate of drug-likeness (QED) is 0.535. The van der Waals surface area contributed by atoms with Crippen LogP contribution in [0.4, 0.5) is 0 Å². The van der Waals surface area contributed by atoms with Gasteiger partial charge < -0.3 is 0 Å². The molecule has 0 fully saturated rings. The van der Waals surface area contributed by atoms with E-state index in [1.54, 1.807) is 18.3 Å². The van der Waals surface area contributed by atoms with Gasteiger partial charge >= 0.3 is 0 Å². The minimum Gasteiger partial charge on any atom is -0.277 e. The van der Waals surface area contributed by atoms with E-state index in [0.717, 1.165) is 10.8 Å². The Kier molecular flexibility index (Phi) is 3.51. The van der Waals surface area contributed by atoms with Crippen molar-refractivity contribution in [3.8, 4) is 0 Å². The largest absolute Gasteiger partial charge is 0.277 e. The second kappa shape index (κ2) is 5.68. The van der Waals surface area contributed by atoms with E-state index in [-0.39, 0.29) is 5.56 Å². The molecular formula is C15H10ClN5OS. The Morgan fingerprint density at radius 1 is 1.09 bits per heavy atom. The number of rotatable bonds is 3. The van der Waals surface area contributed by atoms with Crippen LogP contribution in [0, 0.1) is 0 Å². The number of nitrogens with zero attached hydrogens (tertiary/aromatic N) is 5. The Morgan fingerprint density at radius 3 is 2.91 bits per heavy atom. The Hall–Kier alpha value is -2.38. The lowest BCUT2D eigenvalue weighted by atomic mass is 10.4. The molecule has 0 amide bonds. The van der Waals surface area contributed by atoms with E-state index >= 15 is 0 Å². The molecule has 4 heterocycles. The zero-order valence-corrected chi connectivity index (χ0v) is 13.3. The molecule has 4 rings (SSSR count). The van der Waals surface area contributed by atoms with Crippen LogP contribution < -0.4 is 5.56 Å². The standard InChI is InChI=1S/C15H10ClN5OS/c16-10-4-5-12-17-11(7-14(22)21(12)8-10)9-23-15-19-18-13-3-1-2-6-20(13)15/h1-8H,9H2. The summed E-state index contributed by atoms with van der Waals surface area (Å²) < 4.78 is 3.33. The lowest BCUT2D eigenvalue weighted by molar-refractivity contribution is 0.919. The third-order valence-corrected chi connectivity index (χ3v) is 4.51. The van der Waals surface area contributed by atoms with Crippen molar-refractivity contribution in [2.24, 2.45) is 0 Å². The first-order valence-electron chi connectivity index (χ1n) is 6.81. The van der Waals surface area contributed by atoms with E-state index in [0.29, 0.717) is 22.1 Å². The van der Waals surface area contributed by atoms with Crippen molar-refractivity contribution in [1.82, 2.24) is 24.0 Å². The summed E-state index contributed by atoms with van der Waals surface area (Å²) >= 11 is 7.39. The van der Waals surface area contributed by atoms with Crippen LogP contribution in [0.15, 0.2) is 58.7 Å². The van der Waals surface area contributed by atoms with Crippen LogP contribution in [-0.4, -0.2) is 24.0 Å². The summed E-state index contributed by atoms with van der Waals surface area (Å²) in [6.07, 6.45) is 3.47. The second-order valence-corrected chi connectivity index (χ2v) is 6.24. The van der Waals surface area contributed by atoms with Crippen LogP contribution in [0.25, 0.3) is 11.3 Å². The maximum absolute atomic E-state index is 12.1. The molecule has 0 aliphatic heterocycles. The van der Waals surface area contributed by atoms with E-state index in [4.69, 9.17) is 11.6 Å². The van der Waals surface area contributed by atoms with Crippen molar-refractivity contribution in [3.63, 3.8) is 0 Å². The number of hydrogen-bond acceptors (Lipinski definition) is 5. The highest BCUT2D eigenvalue weighted by Gasteiger charge is 2.08. The van der Waals surface area contributed by atoms with Gasteiger partial charge in [-0.15, -0.1) is 10.2 Å². The molecule has 0 saturated heterocycles. The predicted octanol–water partition coefficient (Wildman–Crippen LogP) is 2.68. The molecule has 0 aliphatic carbocycles. The molecule has 0 saturated carbocycles. The van der Waals surface area contributed by atoms with E-state index in [2.05, 4.69) is 15.2 Å². The van der Waals surface area contributed by atoms with Gasteiger partial charge in [0.15, 0.2) is 10.8 Å². The molecule has 23 heavy (non-hydrogen) atoms. The molecule has 0 aromatic carbocycles. The second-order valence-electron chi connectivity index (χ2n) is 4.86. The summed E-state index contributed by atoms with van der Waals surface area (Å²) in [5.74, 6) is 0.532. The van der Waals surface area contributed by atoms with Crippen molar-refractivity contribution in [3.05, 3.63) is 69.9 Å². The molecule has 4 aromatic rings. The Bertz CT molecular complexity index is 1070. The topological polar surface area (TPSA) is 64.6 Å². The molecule has 0 radical (unpaired) electrons. The fourth-order valence-corrected chi connectivity index (χ4v) is 3.23. The summed E-state index contributed by atoms with van der Waals surface area (Å²) in [6.45, 7) is 0. The van der Waals surface area contributed by atoms with Crippen LogP contribution in [-0.2, 0) is 5.75 Å². The van der Waals surface area contributed by atoms with E-state index in [1.165, 1.54) is 22.2 Å². The van der Waals surface area contributed by atoms with Gasteiger partial charge in [0.2, 0.25) is 0 Å². The molecule has 0 spiro atoms. The Balaban J connectivity index is 1.65. The average molecular weight is 344 g/mol. The van der Waals surface area contributed by atoms with Crippen molar-refractivity contribution in [2.45, 2.75) is 10.9 Å². The lowest BCUT2D eigenvalue weighted by Crippen LogP contribution is -2.15. The third-order valence-electron chi connectivity index (χ3n) is 3.31. The highest BCUT2D eigenvalue weighted by molar-refractivity contribution is 7.98. The van der Waals surface area contributed by atoms with Gasteiger partial charge in [-0.05, 0) is 24.3 Å². The molecule has 0 atom stereocenters. The number of fused-ring (bicyclic) bond motifs is 2. The SMILES string of the molecule is O=c1cc(CSc2nnc3ccccn23)nc2ccc(Cl)cn12. The van der Waals surface area contributed by atoms with Crippen LogP contribution in [0.1, 0.15) is 5.69 Å². The van der Waals surface area contributed by atoms with Crippen molar-refractivity contribution >= 4 is 34.7 Å². The average Bonchev–Trinajstić information content (AvgIpc) is 2.97. The molecule has 0 bridgehead atoms. The van der Waals surface area contributed by atoms with Gasteiger partial charge in [-0.3, -0.25) is 13.6 Å². The number of pyridine rings is 2. The smallest absolute Gasteiger partial charge is 0.258 e. The number of hydrogen-bond donors (Lipinski definition) is 0. The molecular weight excluding hydrogens is 334 g/mol. The van der Waals surface area contributed by atoms with E-state index < -0.39 is 0 Å². The van der Waals surface area contributed by atoms with Gasteiger partial charge in [0, 0.05) is 24.2 Å². The van der Waals surface area contributed by atoms with Crippen LogP contribution in [0.2, 0.25) is 5.02 Å². The van der Waals surface area contributed by atoms with Crippen LogP contribution in [0.3, 0.4) is 0 Å². The number of thioether (sulfide) groups is 1. The zero-order valence-electron chi connectivity index (χ0n) is 11.8. The van der Waals surface area contributed by atoms with Gasteiger partial charge in [-0.2, -0.15) is 0 Å². The van der Waals surface area contributed by atoms with Gasteiger partial charge in [0.05, 0.1) is 10.7 Å². The van der Waals surface area contributed by atoms with Gasteiger partial charge in [0.1, 0.15) is 5.65 Å². The summed E-state index contributed by atoms with van der Waals surface area (Å²) in [5, 5.41) is 9.51. The summed E-state index contributed by atoms with van der Waals surface area (Å²) in [5.41, 5.74) is 1.90. The Labute approximate surface area is 139 Å². The maximum atomic E-state index is 12.1. The molecule has 114 valence electrons. The maximum Gasteiger partial charge on any atom is 0.258 e. The number of aromatic nitrogens is 5. The fraction of sp³-hybridized carbons (Fsp3) is 0.0667. The minimum absolute atomic E-state index is 0.154. The summed E-state index contributed by atoms with van der Waals surface area (Å²) in [7, 11) is 0. The van der Waals surface area contributed by atoms with E-state index in [9.17, 15) is 4.79 Å². The molecule has 0 unspecified atom stereocenters. The van der Waals surface area contributed by atoms with Crippen molar-refractivity contribution < 1.29 is 0 Å². The monoisotopic (exact) mass is 343 g/mol. The van der Waals surface area contributed by atoms with Crippen molar-refractivity contribution in [1.29, 1.82) is 0 Å². The minimum atomic E-state index is -0.154. The molecule has 0 aliphatic rings. The predicted molar refractivity (Wildman–Crippen MR) is 89.0 cm³/mol. The number of halogens is 1. The lowest BCUT2D eigenvalue weighted by Gasteiger charge is -2.04. The first kappa shape index (κ1) is 14.2. The molecule has 0 N–H and O–H groups in total. The van der Waals surface area contributed by atoms with Gasteiger partial charge in [-0.25, -0.2) is 4.98 Å². The van der Waals surface area contributed by atoms with Gasteiger partial charge in [0.25, 0.3) is 5.56 Å². The molecule has 4 aromatic heterocycles. The van der Waals surface area contributed by atoms with Gasteiger partial charge in [-0.1, -0.05) is 29.4 Å². The van der Waals surface area contributed by atoms with E-state index in [1.807, 2.05) is 28.8 Å². The fourth-order valence-electron chi connectivity index (χ4n) is 2.26. The van der Waals surface area contributed by atoms with Crippen LogP contribution in [0.5, 0.6) is 0 Å². The first-order chi connectivity index (χ1) is 11.2. The highest BCUT2D eigenvalue weighted by atomic mass is 35.5. The molecule has 8 heteroatoms. The third kappa shape index (κ3) is 2.69. The highest BCUT2D eigenvalue weighted by Crippen LogP contribution is 2.20. The first-order valence-corrected chi connectivity index (χ1v) is 8.17.